The van der Waals surface area contributed by atoms with Crippen LogP contribution in [0.2, 0.25) is 0 Å². The highest BCUT2D eigenvalue weighted by atomic mass is 32.2. The van der Waals surface area contributed by atoms with Gasteiger partial charge in [0.15, 0.2) is 0 Å². The van der Waals surface area contributed by atoms with Crippen LogP contribution >= 0.6 is 11.3 Å². The number of piperidine rings is 2. The number of nitrogens with zero attached hydrogens (tertiary/aromatic N) is 1. The van der Waals surface area contributed by atoms with Crippen LogP contribution in [0.3, 0.4) is 0 Å². The summed E-state index contributed by atoms with van der Waals surface area (Å²) in [5.41, 5.74) is 1.01. The Morgan fingerprint density at radius 1 is 1.32 bits per heavy atom. The third-order valence-corrected chi connectivity index (χ3v) is 6.93. The number of hydrogen-bond donors (Lipinski definition) is 2. The van der Waals surface area contributed by atoms with E-state index in [2.05, 4.69) is 10.6 Å². The number of nitrogens with one attached hydrogen (secondary N) is 2. The van der Waals surface area contributed by atoms with Gasteiger partial charge < -0.3 is 10.6 Å². The second-order valence-corrected chi connectivity index (χ2v) is 9.45. The largest absolute Gasteiger partial charge is 0.351 e. The smallest absolute Gasteiger partial charge is 0.223 e. The molecule has 3 rings (SSSR count). The average molecular weight is 386 g/mol. The average Bonchev–Trinajstić information content (AvgIpc) is 3.10. The number of hydrogen-bond acceptors (Lipinski definition) is 5. The molecule has 0 aliphatic carbocycles. The van der Waals surface area contributed by atoms with Crippen molar-refractivity contribution in [2.75, 3.05) is 19.3 Å². The van der Waals surface area contributed by atoms with Crippen molar-refractivity contribution in [3.8, 4) is 0 Å². The Labute approximate surface area is 151 Å². The molecule has 138 valence electrons. The van der Waals surface area contributed by atoms with E-state index in [0.29, 0.717) is 38.8 Å². The Morgan fingerprint density at radius 3 is 2.64 bits per heavy atom. The van der Waals surface area contributed by atoms with Gasteiger partial charge in [-0.3, -0.25) is 9.59 Å². The molecular weight excluding hydrogens is 362 g/mol. The van der Waals surface area contributed by atoms with Crippen LogP contribution in [-0.4, -0.2) is 49.9 Å². The number of thiophene rings is 1. The van der Waals surface area contributed by atoms with Crippen LogP contribution in [-0.2, 0) is 19.6 Å². The van der Waals surface area contributed by atoms with Crippen molar-refractivity contribution in [1.82, 2.24) is 14.9 Å². The monoisotopic (exact) mass is 385 g/mol. The van der Waals surface area contributed by atoms with Gasteiger partial charge in [0, 0.05) is 25.4 Å². The zero-order chi connectivity index (χ0) is 18.0. The lowest BCUT2D eigenvalue weighted by Gasteiger charge is -2.35. The topological polar surface area (TPSA) is 95.6 Å². The van der Waals surface area contributed by atoms with Crippen LogP contribution in [0.5, 0.6) is 0 Å². The van der Waals surface area contributed by atoms with Crippen LogP contribution in [0.1, 0.15) is 37.3 Å². The first-order chi connectivity index (χ1) is 11.8. The van der Waals surface area contributed by atoms with E-state index in [1.807, 2.05) is 16.8 Å². The maximum absolute atomic E-state index is 12.6. The molecule has 2 aliphatic heterocycles. The van der Waals surface area contributed by atoms with E-state index in [-0.39, 0.29) is 29.8 Å². The fourth-order valence-electron chi connectivity index (χ4n) is 3.47. The van der Waals surface area contributed by atoms with Crippen LogP contribution in [0.4, 0.5) is 0 Å². The van der Waals surface area contributed by atoms with Crippen molar-refractivity contribution in [3.05, 3.63) is 22.4 Å². The number of carbonyl (C=O) groups excluding carboxylic acids is 2. The van der Waals surface area contributed by atoms with Gasteiger partial charge in [-0.1, -0.05) is 0 Å². The van der Waals surface area contributed by atoms with E-state index in [1.165, 1.54) is 10.6 Å². The fourth-order valence-corrected chi connectivity index (χ4v) is 5.04. The molecule has 0 saturated carbocycles. The normalized spacial score (nSPS) is 26.2. The highest BCUT2D eigenvalue weighted by Gasteiger charge is 2.34. The first-order valence-corrected chi connectivity index (χ1v) is 11.2. The zero-order valence-electron chi connectivity index (χ0n) is 14.1. The van der Waals surface area contributed by atoms with Crippen molar-refractivity contribution in [2.24, 2.45) is 5.92 Å². The number of amides is 2. The lowest BCUT2D eigenvalue weighted by molar-refractivity contribution is -0.129. The van der Waals surface area contributed by atoms with E-state index >= 15 is 0 Å². The lowest BCUT2D eigenvalue weighted by atomic mass is 9.91. The van der Waals surface area contributed by atoms with E-state index in [0.717, 1.165) is 5.56 Å². The van der Waals surface area contributed by atoms with Gasteiger partial charge in [-0.2, -0.15) is 11.3 Å². The minimum absolute atomic E-state index is 0.00293. The number of sulfonamides is 1. The first kappa shape index (κ1) is 18.3. The maximum atomic E-state index is 12.6. The summed E-state index contributed by atoms with van der Waals surface area (Å²) in [5.74, 6) is -0.226. The molecule has 25 heavy (non-hydrogen) atoms. The van der Waals surface area contributed by atoms with Gasteiger partial charge >= 0.3 is 0 Å². The summed E-state index contributed by atoms with van der Waals surface area (Å²) >= 11 is 1.56. The second kappa shape index (κ2) is 7.43. The van der Waals surface area contributed by atoms with Crippen molar-refractivity contribution < 1.29 is 18.0 Å². The molecule has 1 aromatic heterocycles. The van der Waals surface area contributed by atoms with Gasteiger partial charge in [-0.25, -0.2) is 12.7 Å². The van der Waals surface area contributed by atoms with E-state index < -0.39 is 10.0 Å². The highest BCUT2D eigenvalue weighted by Crippen LogP contribution is 2.27. The van der Waals surface area contributed by atoms with E-state index in [4.69, 9.17) is 0 Å². The van der Waals surface area contributed by atoms with Crippen molar-refractivity contribution in [3.63, 3.8) is 0 Å². The van der Waals surface area contributed by atoms with E-state index in [1.54, 1.807) is 11.3 Å². The van der Waals surface area contributed by atoms with Crippen LogP contribution in [0.25, 0.3) is 0 Å². The number of carbonyl (C=O) groups is 2. The van der Waals surface area contributed by atoms with Gasteiger partial charge in [0.1, 0.15) is 0 Å². The lowest BCUT2D eigenvalue weighted by Crippen LogP contribution is -2.52. The summed E-state index contributed by atoms with van der Waals surface area (Å²) < 4.78 is 24.6. The third kappa shape index (κ3) is 4.39. The second-order valence-electron chi connectivity index (χ2n) is 6.69. The molecule has 3 heterocycles. The summed E-state index contributed by atoms with van der Waals surface area (Å²) in [6, 6.07) is 1.63. The summed E-state index contributed by atoms with van der Waals surface area (Å²) in [6.45, 7) is 0.762. The minimum Gasteiger partial charge on any atom is -0.351 e. The molecule has 7 nitrogen and oxygen atoms in total. The Hall–Kier alpha value is -1.45. The van der Waals surface area contributed by atoms with Gasteiger partial charge in [0.2, 0.25) is 21.8 Å². The van der Waals surface area contributed by atoms with Gasteiger partial charge in [0.25, 0.3) is 0 Å². The molecule has 2 aliphatic rings. The molecule has 0 spiro atoms. The highest BCUT2D eigenvalue weighted by molar-refractivity contribution is 7.88. The van der Waals surface area contributed by atoms with Crippen molar-refractivity contribution in [2.45, 2.75) is 37.8 Å². The summed E-state index contributed by atoms with van der Waals surface area (Å²) in [5, 5.41) is 9.99. The molecule has 1 aromatic rings. The summed E-state index contributed by atoms with van der Waals surface area (Å²) in [7, 11) is -3.19. The van der Waals surface area contributed by atoms with Crippen LogP contribution < -0.4 is 10.6 Å². The molecule has 2 saturated heterocycles. The molecule has 2 fully saturated rings. The molecule has 0 unspecified atom stereocenters. The quantitative estimate of drug-likeness (QED) is 0.803. The SMILES string of the molecule is CS(=O)(=O)N1CCC(C(=O)N[C@@H]2CCC(=O)N[C@H]2c2ccsc2)CC1. The van der Waals surface area contributed by atoms with Crippen LogP contribution in [0.15, 0.2) is 16.8 Å². The molecule has 2 atom stereocenters. The molecule has 9 heteroatoms. The molecule has 0 aromatic carbocycles. The number of rotatable bonds is 4. The summed E-state index contributed by atoms with van der Waals surface area (Å²) in [4.78, 5) is 24.4. The van der Waals surface area contributed by atoms with E-state index in [9.17, 15) is 18.0 Å². The predicted molar refractivity (Wildman–Crippen MR) is 95.5 cm³/mol. The van der Waals surface area contributed by atoms with Gasteiger partial charge in [-0.15, -0.1) is 0 Å². The molecular formula is C16H23N3O4S2. The van der Waals surface area contributed by atoms with Crippen molar-refractivity contribution in [1.29, 1.82) is 0 Å². The third-order valence-electron chi connectivity index (χ3n) is 4.92. The summed E-state index contributed by atoms with van der Waals surface area (Å²) in [6.07, 6.45) is 3.27. The Morgan fingerprint density at radius 2 is 2.04 bits per heavy atom. The Kier molecular flexibility index (Phi) is 5.45. The van der Waals surface area contributed by atoms with Crippen molar-refractivity contribution >= 4 is 33.2 Å². The van der Waals surface area contributed by atoms with Gasteiger partial charge in [-0.05, 0) is 41.7 Å². The molecule has 2 N–H and O–H groups in total. The predicted octanol–water partition coefficient (Wildman–Crippen LogP) is 0.856. The standard InChI is InChI=1S/C16H23N3O4S2/c1-25(22,23)19-7-4-11(5-8-19)16(21)17-13-2-3-14(20)18-15(13)12-6-9-24-10-12/h6,9-11,13,15H,2-5,7-8H2,1H3,(H,17,21)(H,18,20)/t13-,15+/m1/s1. The van der Waals surface area contributed by atoms with Gasteiger partial charge in [0.05, 0.1) is 18.3 Å². The maximum Gasteiger partial charge on any atom is 0.223 e. The van der Waals surface area contributed by atoms with Crippen LogP contribution in [0, 0.1) is 5.92 Å². The Balaban J connectivity index is 1.61. The molecule has 2 amide bonds. The molecule has 0 bridgehead atoms. The Bertz CT molecular complexity index is 725. The molecule has 0 radical (unpaired) electrons. The first-order valence-electron chi connectivity index (χ1n) is 8.41. The zero-order valence-corrected chi connectivity index (χ0v) is 15.7. The fraction of sp³-hybridized carbons (Fsp3) is 0.625. The minimum atomic E-state index is -3.19.